The van der Waals surface area contributed by atoms with Gasteiger partial charge >= 0.3 is 11.5 Å². The van der Waals surface area contributed by atoms with Crippen molar-refractivity contribution in [3.8, 4) is 0 Å². The van der Waals surface area contributed by atoms with Crippen molar-refractivity contribution < 1.29 is 39.5 Å². The van der Waals surface area contributed by atoms with Gasteiger partial charge in [-0.05, 0) is 24.3 Å². The van der Waals surface area contributed by atoms with Gasteiger partial charge < -0.3 is 8.86 Å². The van der Waals surface area contributed by atoms with E-state index in [1.807, 2.05) is 4.13 Å². The number of hydrogen-bond donors (Lipinski definition) is 1. The maximum atomic E-state index is 12.0. The molecule has 0 heterocycles. The van der Waals surface area contributed by atoms with Gasteiger partial charge in [-0.1, -0.05) is 0 Å². The molecule has 0 saturated carbocycles. The molecule has 14 heteroatoms. The summed E-state index contributed by atoms with van der Waals surface area (Å²) in [5.41, 5.74) is -5.78. The van der Waals surface area contributed by atoms with Crippen molar-refractivity contribution in [3.63, 3.8) is 0 Å². The number of carbonyl (C=O) groups excluding carboxylic acids is 1. The molecule has 0 aliphatic heterocycles. The van der Waals surface area contributed by atoms with Gasteiger partial charge in [0.15, 0.2) is 10.0 Å². The van der Waals surface area contributed by atoms with E-state index in [1.54, 1.807) is 0 Å². The average Bonchev–Trinajstić information content (AvgIpc) is 2.41. The van der Waals surface area contributed by atoms with Gasteiger partial charge in [-0.2, -0.15) is 37.6 Å². The van der Waals surface area contributed by atoms with Crippen LogP contribution >= 0.6 is 24.4 Å². The molecule has 0 fully saturated rings. The Morgan fingerprint density at radius 2 is 1.75 bits per heavy atom. The second kappa shape index (κ2) is 10.7. The quantitative estimate of drug-likeness (QED) is 0.285. The van der Waals surface area contributed by atoms with Crippen molar-refractivity contribution in [2.24, 2.45) is 0 Å². The number of halogens is 3. The number of hydrogen-bond acceptors (Lipinski definition) is 8. The number of alkyl halides is 3. The van der Waals surface area contributed by atoms with Crippen LogP contribution < -0.4 is 0 Å². The molecule has 7 nitrogen and oxygen atoms in total. The third-order valence-electron chi connectivity index (χ3n) is 2.21. The van der Waals surface area contributed by atoms with Crippen LogP contribution in [-0.4, -0.2) is 57.9 Å². The monoisotopic (exact) mass is 432 g/mol. The Morgan fingerprint density at radius 1 is 1.12 bits per heavy atom. The van der Waals surface area contributed by atoms with Crippen LogP contribution in [0.2, 0.25) is 0 Å². The molecule has 24 heavy (non-hydrogen) atoms. The van der Waals surface area contributed by atoms with Gasteiger partial charge in [-0.15, -0.1) is 0 Å². The highest BCUT2D eigenvalue weighted by molar-refractivity contribution is 8.12. The van der Waals surface area contributed by atoms with E-state index in [0.29, 0.717) is 5.75 Å². The molecular formula is C10H17F3NO6S4-. The Morgan fingerprint density at radius 3 is 2.29 bits per heavy atom. The molecule has 0 bridgehead atoms. The summed E-state index contributed by atoms with van der Waals surface area (Å²) in [7, 11) is -10.9. The van der Waals surface area contributed by atoms with Crippen molar-refractivity contribution in [1.82, 2.24) is 0 Å². The van der Waals surface area contributed by atoms with Crippen molar-refractivity contribution >= 4 is 50.4 Å². The molecule has 0 atom stereocenters. The zero-order valence-electron chi connectivity index (χ0n) is 12.4. The van der Waals surface area contributed by atoms with E-state index in [0.717, 1.165) is 17.9 Å². The second-order valence-electron chi connectivity index (χ2n) is 4.29. The number of thiol groups is 1. The SMILES string of the molecule is O=C(CCSCCCS)OCCCS(=O)(=O)[N-]S(=O)(=O)C(F)(F)F. The van der Waals surface area contributed by atoms with Crippen LogP contribution in [0.15, 0.2) is 0 Å². The van der Waals surface area contributed by atoms with Crippen molar-refractivity contribution in [3.05, 3.63) is 4.13 Å². The molecule has 0 aromatic rings. The molecule has 0 aromatic carbocycles. The highest BCUT2D eigenvalue weighted by Crippen LogP contribution is 2.30. The maximum Gasteiger partial charge on any atom is 0.480 e. The van der Waals surface area contributed by atoms with E-state index in [-0.39, 0.29) is 19.4 Å². The molecule has 0 amide bonds. The standard InChI is InChI=1S/C10H17F3NO6S4/c11-10(12,13)24(18,19)14-23(16,17)8-1-4-20-9(15)3-7-22-6-2-5-21/h21H,1-8H2/q-1. The van der Waals surface area contributed by atoms with Crippen LogP contribution in [0, 0.1) is 0 Å². The number of sulfonamides is 2. The van der Waals surface area contributed by atoms with Gasteiger partial charge in [0.2, 0.25) is 0 Å². The highest BCUT2D eigenvalue weighted by Gasteiger charge is 2.40. The summed E-state index contributed by atoms with van der Waals surface area (Å²) in [4.78, 5) is 11.3. The molecule has 0 saturated heterocycles. The molecule has 0 spiro atoms. The van der Waals surface area contributed by atoms with Crippen LogP contribution in [0.4, 0.5) is 13.2 Å². The number of thioether (sulfide) groups is 1. The molecule has 0 rings (SSSR count). The van der Waals surface area contributed by atoms with Gasteiger partial charge in [0.25, 0.3) is 0 Å². The third kappa shape index (κ3) is 10.6. The van der Waals surface area contributed by atoms with Crippen molar-refractivity contribution in [2.45, 2.75) is 24.8 Å². The van der Waals surface area contributed by atoms with E-state index in [2.05, 4.69) is 12.6 Å². The van der Waals surface area contributed by atoms with Gasteiger partial charge in [-0.25, -0.2) is 16.8 Å². The normalized spacial score (nSPS) is 13.0. The summed E-state index contributed by atoms with van der Waals surface area (Å²) in [5.74, 6) is 0.535. The smallest absolute Gasteiger partial charge is 0.466 e. The predicted octanol–water partition coefficient (Wildman–Crippen LogP) is 1.92. The molecule has 0 radical (unpaired) electrons. The minimum atomic E-state index is -6.11. The van der Waals surface area contributed by atoms with Gasteiger partial charge in [0, 0.05) is 11.5 Å². The predicted molar refractivity (Wildman–Crippen MR) is 88.1 cm³/mol. The zero-order chi connectivity index (χ0) is 18.9. The van der Waals surface area contributed by atoms with Crippen molar-refractivity contribution in [2.75, 3.05) is 29.6 Å². The second-order valence-corrected chi connectivity index (χ2v) is 9.55. The lowest BCUT2D eigenvalue weighted by atomic mass is 10.5. The van der Waals surface area contributed by atoms with Gasteiger partial charge in [0.1, 0.15) is 0 Å². The van der Waals surface area contributed by atoms with E-state index < -0.39 is 37.3 Å². The van der Waals surface area contributed by atoms with Crippen molar-refractivity contribution in [1.29, 1.82) is 0 Å². The fourth-order valence-corrected chi connectivity index (χ4v) is 4.70. The Hall–Kier alpha value is -0.180. The first-order chi connectivity index (χ1) is 10.9. The molecular weight excluding hydrogens is 415 g/mol. The minimum absolute atomic E-state index is 0.108. The summed E-state index contributed by atoms with van der Waals surface area (Å²) < 4.78 is 86.4. The first-order valence-electron chi connectivity index (χ1n) is 6.54. The van der Waals surface area contributed by atoms with Gasteiger partial charge in [-0.3, -0.25) is 4.79 Å². The van der Waals surface area contributed by atoms with Crippen LogP contribution in [0.3, 0.4) is 0 Å². The number of ether oxygens (including phenoxy) is 1. The molecule has 0 N–H and O–H groups in total. The summed E-state index contributed by atoms with van der Waals surface area (Å²) in [6.07, 6.45) is 0.638. The lowest BCUT2D eigenvalue weighted by Gasteiger charge is -2.21. The van der Waals surface area contributed by atoms with Crippen LogP contribution in [-0.2, 0) is 29.6 Å². The van der Waals surface area contributed by atoms with Crippen LogP contribution in [0.5, 0.6) is 0 Å². The molecule has 0 unspecified atom stereocenters. The van der Waals surface area contributed by atoms with Gasteiger partial charge in [0.05, 0.1) is 23.1 Å². The first-order valence-corrected chi connectivity index (χ1v) is 11.4. The lowest BCUT2D eigenvalue weighted by molar-refractivity contribution is -0.143. The summed E-state index contributed by atoms with van der Waals surface area (Å²) in [6, 6.07) is 0. The highest BCUT2D eigenvalue weighted by atomic mass is 32.3. The van der Waals surface area contributed by atoms with E-state index in [1.165, 1.54) is 11.8 Å². The average molecular weight is 433 g/mol. The fraction of sp³-hybridized carbons (Fsp3) is 0.900. The zero-order valence-corrected chi connectivity index (χ0v) is 15.7. The molecule has 144 valence electrons. The lowest BCUT2D eigenvalue weighted by Crippen LogP contribution is -2.25. The number of carbonyl (C=O) groups is 1. The Labute approximate surface area is 148 Å². The van der Waals surface area contributed by atoms with E-state index in [4.69, 9.17) is 4.74 Å². The van der Waals surface area contributed by atoms with Crippen LogP contribution in [0.1, 0.15) is 19.3 Å². The largest absolute Gasteiger partial charge is 0.480 e. The summed E-state index contributed by atoms with van der Waals surface area (Å²) in [6.45, 7) is -0.360. The number of esters is 1. The third-order valence-corrected chi connectivity index (χ3v) is 6.68. The molecule has 0 aliphatic carbocycles. The van der Waals surface area contributed by atoms with E-state index in [9.17, 15) is 34.8 Å². The minimum Gasteiger partial charge on any atom is -0.466 e. The number of rotatable bonds is 12. The van der Waals surface area contributed by atoms with Crippen LogP contribution in [0.25, 0.3) is 4.13 Å². The fourth-order valence-electron chi connectivity index (χ4n) is 1.15. The Balaban J connectivity index is 4.04. The van der Waals surface area contributed by atoms with E-state index >= 15 is 0 Å². The molecule has 0 aromatic heterocycles. The first kappa shape index (κ1) is 23.8. The Bertz CT molecular complexity index is 590. The molecule has 0 aliphatic rings. The summed E-state index contributed by atoms with van der Waals surface area (Å²) >= 11 is 5.55. The topological polar surface area (TPSA) is 109 Å². The number of nitrogens with zero attached hydrogens (tertiary/aromatic N) is 1. The maximum absolute atomic E-state index is 12.0. The summed E-state index contributed by atoms with van der Waals surface area (Å²) in [5, 5.41) is 0. The Kier molecular flexibility index (Phi) is 10.7.